The Morgan fingerprint density at radius 1 is 1.45 bits per heavy atom. The Morgan fingerprint density at radius 3 is 2.91 bits per heavy atom. The second kappa shape index (κ2) is 2.23. The van der Waals surface area contributed by atoms with E-state index >= 15 is 0 Å². The minimum atomic E-state index is 0.0240. The summed E-state index contributed by atoms with van der Waals surface area (Å²) in [7, 11) is 0. The number of aromatic nitrogens is 2. The van der Waals surface area contributed by atoms with Gasteiger partial charge in [0.05, 0.1) is 0 Å². The maximum atomic E-state index is 11.0. The molecule has 1 unspecified atom stereocenters. The van der Waals surface area contributed by atoms with Crippen molar-refractivity contribution < 1.29 is 0 Å². The number of nitrogens with two attached hydrogens (primary N) is 1. The largest absolute Gasteiger partial charge is 0.330 e. The topological polar surface area (TPSA) is 74.7 Å². The van der Waals surface area contributed by atoms with Gasteiger partial charge in [-0.2, -0.15) is 0 Å². The molecule has 0 saturated carbocycles. The summed E-state index contributed by atoms with van der Waals surface area (Å²) >= 11 is 0. The van der Waals surface area contributed by atoms with Crippen molar-refractivity contribution >= 4 is 0 Å². The molecule has 0 bridgehead atoms. The lowest BCUT2D eigenvalue weighted by Gasteiger charge is -2.01. The molecular formula is C7H11N3O. The van der Waals surface area contributed by atoms with Crippen molar-refractivity contribution in [2.45, 2.75) is 12.8 Å². The summed E-state index contributed by atoms with van der Waals surface area (Å²) in [6.07, 6.45) is 1.76. The number of nitrogens with one attached hydrogen (secondary N) is 2. The monoisotopic (exact) mass is 153 g/mol. The molecule has 11 heavy (non-hydrogen) atoms. The van der Waals surface area contributed by atoms with Gasteiger partial charge < -0.3 is 10.8 Å². The zero-order valence-electron chi connectivity index (χ0n) is 6.18. The van der Waals surface area contributed by atoms with Gasteiger partial charge >= 0.3 is 0 Å². The van der Waals surface area contributed by atoms with Crippen molar-refractivity contribution in [3.05, 3.63) is 21.6 Å². The molecule has 4 heteroatoms. The molecule has 1 aliphatic carbocycles. The molecule has 1 heterocycles. The van der Waals surface area contributed by atoms with E-state index in [1.54, 1.807) is 0 Å². The second-order valence-corrected chi connectivity index (χ2v) is 3.05. The number of hydrogen-bond acceptors (Lipinski definition) is 2. The predicted octanol–water partition coefficient (Wildman–Crippen LogP) is -0.624. The number of aromatic amines is 2. The van der Waals surface area contributed by atoms with E-state index in [1.807, 2.05) is 0 Å². The number of rotatable bonds is 1. The fourth-order valence-corrected chi connectivity index (χ4v) is 1.63. The lowest BCUT2D eigenvalue weighted by Crippen LogP contribution is -2.16. The van der Waals surface area contributed by atoms with Crippen molar-refractivity contribution in [3.8, 4) is 0 Å². The zero-order chi connectivity index (χ0) is 7.84. The third-order valence-corrected chi connectivity index (χ3v) is 2.28. The van der Waals surface area contributed by atoms with E-state index in [0.717, 1.165) is 24.1 Å². The molecule has 0 radical (unpaired) electrons. The molecule has 60 valence electrons. The van der Waals surface area contributed by atoms with Crippen LogP contribution >= 0.6 is 0 Å². The minimum absolute atomic E-state index is 0.0240. The first-order chi connectivity index (χ1) is 5.31. The molecular weight excluding hydrogens is 142 g/mol. The van der Waals surface area contributed by atoms with Gasteiger partial charge in [-0.05, 0) is 25.3 Å². The Labute approximate surface area is 63.8 Å². The number of hydrogen-bond donors (Lipinski definition) is 3. The molecule has 4 nitrogen and oxygen atoms in total. The molecule has 0 amide bonds. The molecule has 0 aromatic carbocycles. The lowest BCUT2D eigenvalue weighted by molar-refractivity contribution is 0.565. The Balaban J connectivity index is 2.35. The first-order valence-corrected chi connectivity index (χ1v) is 3.79. The molecule has 0 saturated heterocycles. The highest BCUT2D eigenvalue weighted by molar-refractivity contribution is 5.23. The molecule has 1 aliphatic rings. The van der Waals surface area contributed by atoms with Crippen LogP contribution in [-0.4, -0.2) is 16.7 Å². The third-order valence-electron chi connectivity index (χ3n) is 2.28. The van der Waals surface area contributed by atoms with Crippen molar-refractivity contribution in [2.75, 3.05) is 6.54 Å². The van der Waals surface area contributed by atoms with Crippen molar-refractivity contribution in [1.82, 2.24) is 10.2 Å². The van der Waals surface area contributed by atoms with E-state index in [0.29, 0.717) is 12.5 Å². The summed E-state index contributed by atoms with van der Waals surface area (Å²) in [5, 5.41) is 5.42. The van der Waals surface area contributed by atoms with Gasteiger partial charge in [-0.15, -0.1) is 0 Å². The molecule has 0 spiro atoms. The van der Waals surface area contributed by atoms with Gasteiger partial charge in [-0.3, -0.25) is 9.89 Å². The van der Waals surface area contributed by atoms with E-state index in [4.69, 9.17) is 5.73 Å². The molecule has 0 aliphatic heterocycles. The van der Waals surface area contributed by atoms with Crippen molar-refractivity contribution in [3.63, 3.8) is 0 Å². The van der Waals surface area contributed by atoms with E-state index in [-0.39, 0.29) is 5.56 Å². The summed E-state index contributed by atoms with van der Waals surface area (Å²) in [6, 6.07) is 0. The van der Waals surface area contributed by atoms with Crippen LogP contribution in [-0.2, 0) is 12.8 Å². The quantitative estimate of drug-likeness (QED) is 0.503. The third kappa shape index (κ3) is 0.903. The van der Waals surface area contributed by atoms with Gasteiger partial charge in [-0.25, -0.2) is 0 Å². The maximum absolute atomic E-state index is 11.0. The van der Waals surface area contributed by atoms with E-state index in [1.165, 1.54) is 0 Å². The van der Waals surface area contributed by atoms with Gasteiger partial charge in [0.1, 0.15) is 0 Å². The summed E-state index contributed by atoms with van der Waals surface area (Å²) in [5.74, 6) is 0.471. The van der Waals surface area contributed by atoms with Crippen molar-refractivity contribution in [2.24, 2.45) is 11.7 Å². The van der Waals surface area contributed by atoms with Crippen molar-refractivity contribution in [1.29, 1.82) is 0 Å². The first-order valence-electron chi connectivity index (χ1n) is 3.79. The van der Waals surface area contributed by atoms with E-state index < -0.39 is 0 Å². The van der Waals surface area contributed by atoms with Gasteiger partial charge in [0.25, 0.3) is 5.56 Å². The highest BCUT2D eigenvalue weighted by Gasteiger charge is 2.23. The SMILES string of the molecule is NCC1Cc2[nH][nH]c(=O)c2C1. The molecule has 1 atom stereocenters. The summed E-state index contributed by atoms with van der Waals surface area (Å²) in [5.41, 5.74) is 7.47. The van der Waals surface area contributed by atoms with Crippen LogP contribution in [0.1, 0.15) is 11.3 Å². The molecule has 2 rings (SSSR count). The van der Waals surface area contributed by atoms with Crippen LogP contribution in [0, 0.1) is 5.92 Å². The average molecular weight is 153 g/mol. The van der Waals surface area contributed by atoms with Crippen LogP contribution in [0.3, 0.4) is 0 Å². The van der Waals surface area contributed by atoms with Crippen LogP contribution in [0.5, 0.6) is 0 Å². The summed E-state index contributed by atoms with van der Waals surface area (Å²) in [6.45, 7) is 0.669. The Bertz CT molecular complexity index is 312. The number of fused-ring (bicyclic) bond motifs is 1. The van der Waals surface area contributed by atoms with Crippen LogP contribution in [0.4, 0.5) is 0 Å². The average Bonchev–Trinajstić information content (AvgIpc) is 2.53. The van der Waals surface area contributed by atoms with Crippen LogP contribution in [0.15, 0.2) is 4.79 Å². The Hall–Kier alpha value is -1.03. The smallest absolute Gasteiger partial charge is 0.267 e. The second-order valence-electron chi connectivity index (χ2n) is 3.05. The fraction of sp³-hybridized carbons (Fsp3) is 0.571. The lowest BCUT2D eigenvalue weighted by atomic mass is 10.1. The van der Waals surface area contributed by atoms with Gasteiger partial charge in [0, 0.05) is 11.3 Å². The van der Waals surface area contributed by atoms with Crippen LogP contribution in [0.25, 0.3) is 0 Å². The molecule has 1 aromatic rings. The molecule has 1 aromatic heterocycles. The standard InChI is InChI=1S/C7H11N3O/c8-3-4-1-5-6(2-4)9-10-7(5)11/h4H,1-3,8H2,(H2,9,10,11). The van der Waals surface area contributed by atoms with Crippen LogP contribution in [0.2, 0.25) is 0 Å². The highest BCUT2D eigenvalue weighted by Crippen LogP contribution is 2.20. The molecule has 4 N–H and O–H groups in total. The molecule has 0 fully saturated rings. The minimum Gasteiger partial charge on any atom is -0.330 e. The summed E-state index contributed by atoms with van der Waals surface area (Å²) in [4.78, 5) is 11.0. The Morgan fingerprint density at radius 2 is 2.27 bits per heavy atom. The summed E-state index contributed by atoms with van der Waals surface area (Å²) < 4.78 is 0. The van der Waals surface area contributed by atoms with Gasteiger partial charge in [0.15, 0.2) is 0 Å². The van der Waals surface area contributed by atoms with Crippen LogP contribution < -0.4 is 11.3 Å². The zero-order valence-corrected chi connectivity index (χ0v) is 6.18. The Kier molecular flexibility index (Phi) is 1.35. The highest BCUT2D eigenvalue weighted by atomic mass is 16.1. The van der Waals surface area contributed by atoms with E-state index in [2.05, 4.69) is 10.2 Å². The fourth-order valence-electron chi connectivity index (χ4n) is 1.63. The van der Waals surface area contributed by atoms with Gasteiger partial charge in [0.2, 0.25) is 0 Å². The maximum Gasteiger partial charge on any atom is 0.267 e. The number of H-pyrrole nitrogens is 2. The predicted molar refractivity (Wildman–Crippen MR) is 41.4 cm³/mol. The van der Waals surface area contributed by atoms with E-state index in [9.17, 15) is 4.79 Å². The first kappa shape index (κ1) is 6.67. The normalized spacial score (nSPS) is 22.1. The van der Waals surface area contributed by atoms with Gasteiger partial charge in [-0.1, -0.05) is 0 Å².